The Morgan fingerprint density at radius 2 is 1.09 bits per heavy atom. The lowest BCUT2D eigenvalue weighted by Gasteiger charge is -2.14. The molecule has 5 aromatic rings. The van der Waals surface area contributed by atoms with Crippen LogP contribution in [0.5, 0.6) is 17.2 Å². The van der Waals surface area contributed by atoms with E-state index in [4.69, 9.17) is 23.6 Å². The van der Waals surface area contributed by atoms with Crippen molar-refractivity contribution in [1.82, 2.24) is 13.7 Å². The highest BCUT2D eigenvalue weighted by Gasteiger charge is 2.21. The number of hydrogen-bond donors (Lipinski definition) is 0. The van der Waals surface area contributed by atoms with Gasteiger partial charge in [0, 0.05) is 16.7 Å². The summed E-state index contributed by atoms with van der Waals surface area (Å²) in [5, 5.41) is 0. The van der Waals surface area contributed by atoms with Crippen LogP contribution in [0.2, 0.25) is 0 Å². The number of hydrogen-bond acceptors (Lipinski definition) is 7. The Bertz CT molecular complexity index is 1430. The number of pyridine rings is 1. The van der Waals surface area contributed by atoms with E-state index in [0.29, 0.717) is 13.2 Å². The summed E-state index contributed by atoms with van der Waals surface area (Å²) in [6.45, 7) is 5.19. The fourth-order valence-corrected chi connectivity index (χ4v) is 4.59. The van der Waals surface area contributed by atoms with E-state index in [-0.39, 0.29) is 0 Å². The van der Waals surface area contributed by atoms with Gasteiger partial charge in [-0.15, -0.1) is 0 Å². The molecular formula is C28H25N3O3S. The van der Waals surface area contributed by atoms with E-state index >= 15 is 0 Å². The third-order valence-corrected chi connectivity index (χ3v) is 6.19. The lowest BCUT2D eigenvalue weighted by Crippen LogP contribution is -1.97. The Morgan fingerprint density at radius 3 is 1.63 bits per heavy atom. The van der Waals surface area contributed by atoms with E-state index in [2.05, 4.69) is 4.37 Å². The van der Waals surface area contributed by atoms with E-state index in [0.717, 1.165) is 61.9 Å². The molecule has 35 heavy (non-hydrogen) atoms. The van der Waals surface area contributed by atoms with Crippen LogP contribution in [0.1, 0.15) is 13.8 Å². The Hall–Kier alpha value is -3.97. The lowest BCUT2D eigenvalue weighted by atomic mass is 9.96. The first-order valence-electron chi connectivity index (χ1n) is 11.5. The number of methoxy groups -OCH3 is 1. The van der Waals surface area contributed by atoms with E-state index < -0.39 is 0 Å². The molecule has 2 heterocycles. The molecule has 2 aromatic heterocycles. The van der Waals surface area contributed by atoms with Crippen molar-refractivity contribution in [2.24, 2.45) is 0 Å². The van der Waals surface area contributed by atoms with Crippen LogP contribution in [0, 0.1) is 0 Å². The summed E-state index contributed by atoms with van der Waals surface area (Å²) in [5.74, 6) is 2.44. The quantitative estimate of drug-likeness (QED) is 0.239. The molecule has 6 nitrogen and oxygen atoms in total. The molecule has 7 heteroatoms. The molecule has 0 bridgehead atoms. The number of aromatic nitrogens is 3. The van der Waals surface area contributed by atoms with Gasteiger partial charge in [-0.2, -0.15) is 8.75 Å². The Kier molecular flexibility index (Phi) is 6.59. The monoisotopic (exact) mass is 483 g/mol. The molecule has 0 saturated heterocycles. The minimum Gasteiger partial charge on any atom is -0.497 e. The predicted molar refractivity (Wildman–Crippen MR) is 140 cm³/mol. The van der Waals surface area contributed by atoms with Gasteiger partial charge in [-0.3, -0.25) is 0 Å². The molecule has 0 N–H and O–H groups in total. The zero-order valence-corrected chi connectivity index (χ0v) is 20.6. The SMILES string of the molecule is CCOc1ccc(-c2nc(-c3ccc(OC)cc3)c(-c3ccc(OCC)cc3)c3nsnc23)cc1. The zero-order chi connectivity index (χ0) is 24.2. The highest BCUT2D eigenvalue weighted by atomic mass is 32.1. The number of benzene rings is 3. The van der Waals surface area contributed by atoms with E-state index in [1.165, 1.54) is 11.7 Å². The molecule has 0 spiro atoms. The smallest absolute Gasteiger partial charge is 0.131 e. The van der Waals surface area contributed by atoms with Gasteiger partial charge in [0.05, 0.1) is 37.7 Å². The van der Waals surface area contributed by atoms with Gasteiger partial charge >= 0.3 is 0 Å². The molecule has 0 radical (unpaired) electrons. The van der Waals surface area contributed by atoms with Crippen molar-refractivity contribution in [3.8, 4) is 50.9 Å². The van der Waals surface area contributed by atoms with Crippen molar-refractivity contribution in [2.75, 3.05) is 20.3 Å². The summed E-state index contributed by atoms with van der Waals surface area (Å²) in [6, 6.07) is 23.9. The maximum atomic E-state index is 5.65. The summed E-state index contributed by atoms with van der Waals surface area (Å²) in [7, 11) is 1.66. The Morgan fingerprint density at radius 1 is 0.600 bits per heavy atom. The van der Waals surface area contributed by atoms with Gasteiger partial charge in [0.15, 0.2) is 0 Å². The molecule has 0 unspecified atom stereocenters. The largest absolute Gasteiger partial charge is 0.497 e. The summed E-state index contributed by atoms with van der Waals surface area (Å²) in [6.07, 6.45) is 0. The highest BCUT2D eigenvalue weighted by molar-refractivity contribution is 7.00. The van der Waals surface area contributed by atoms with Gasteiger partial charge in [-0.25, -0.2) is 4.98 Å². The first kappa shape index (κ1) is 22.8. The van der Waals surface area contributed by atoms with Crippen LogP contribution in [0.15, 0.2) is 72.8 Å². The molecule has 0 aliphatic carbocycles. The van der Waals surface area contributed by atoms with Gasteiger partial charge in [-0.05, 0) is 80.1 Å². The van der Waals surface area contributed by atoms with Crippen molar-refractivity contribution >= 4 is 22.8 Å². The predicted octanol–water partition coefficient (Wildman–Crippen LogP) is 6.89. The fourth-order valence-electron chi connectivity index (χ4n) is 4.03. The second kappa shape index (κ2) is 10.1. The molecule has 0 amide bonds. The molecular weight excluding hydrogens is 458 g/mol. The number of ether oxygens (including phenoxy) is 3. The molecule has 0 aliphatic heterocycles. The van der Waals surface area contributed by atoms with Crippen LogP contribution < -0.4 is 14.2 Å². The molecule has 0 saturated carbocycles. The zero-order valence-electron chi connectivity index (χ0n) is 19.8. The van der Waals surface area contributed by atoms with E-state index in [9.17, 15) is 0 Å². The van der Waals surface area contributed by atoms with Gasteiger partial charge in [0.25, 0.3) is 0 Å². The Balaban J connectivity index is 1.73. The van der Waals surface area contributed by atoms with Crippen LogP contribution in [0.4, 0.5) is 0 Å². The first-order chi connectivity index (χ1) is 17.2. The second-order valence-electron chi connectivity index (χ2n) is 7.79. The normalized spacial score (nSPS) is 10.9. The minimum atomic E-state index is 0.620. The van der Waals surface area contributed by atoms with Crippen molar-refractivity contribution in [2.45, 2.75) is 13.8 Å². The third kappa shape index (κ3) is 4.55. The topological polar surface area (TPSA) is 66.4 Å². The van der Waals surface area contributed by atoms with E-state index in [1.807, 2.05) is 86.6 Å². The highest BCUT2D eigenvalue weighted by Crippen LogP contribution is 2.41. The molecule has 0 fully saturated rings. The second-order valence-corrected chi connectivity index (χ2v) is 8.32. The molecule has 0 aliphatic rings. The maximum Gasteiger partial charge on any atom is 0.131 e. The lowest BCUT2D eigenvalue weighted by molar-refractivity contribution is 0.340. The van der Waals surface area contributed by atoms with Crippen LogP contribution in [0.3, 0.4) is 0 Å². The van der Waals surface area contributed by atoms with Gasteiger partial charge in [0.1, 0.15) is 34.0 Å². The van der Waals surface area contributed by atoms with Gasteiger partial charge in [0.2, 0.25) is 0 Å². The van der Waals surface area contributed by atoms with Crippen LogP contribution in [-0.2, 0) is 0 Å². The standard InChI is InChI=1S/C28H25N3O3S/c1-4-33-22-14-6-18(7-15-22)24-25(19-8-12-21(32-3)13-9-19)29-26(28-27(24)30-35-31-28)20-10-16-23(17-11-20)34-5-2/h6-17H,4-5H2,1-3H3. The molecule has 3 aromatic carbocycles. The summed E-state index contributed by atoms with van der Waals surface area (Å²) in [4.78, 5) is 5.17. The molecule has 176 valence electrons. The van der Waals surface area contributed by atoms with Crippen molar-refractivity contribution in [1.29, 1.82) is 0 Å². The average Bonchev–Trinajstić information content (AvgIpc) is 3.39. The van der Waals surface area contributed by atoms with Crippen molar-refractivity contribution in [3.63, 3.8) is 0 Å². The number of fused-ring (bicyclic) bond motifs is 1. The van der Waals surface area contributed by atoms with Gasteiger partial charge in [-0.1, -0.05) is 12.1 Å². The van der Waals surface area contributed by atoms with Crippen LogP contribution in [0.25, 0.3) is 44.7 Å². The van der Waals surface area contributed by atoms with Gasteiger partial charge < -0.3 is 14.2 Å². The summed E-state index contributed by atoms with van der Waals surface area (Å²) in [5.41, 5.74) is 7.10. The van der Waals surface area contributed by atoms with Crippen molar-refractivity contribution in [3.05, 3.63) is 72.8 Å². The summed E-state index contributed by atoms with van der Waals surface area (Å²) < 4.78 is 26.0. The number of nitrogens with zero attached hydrogens (tertiary/aromatic N) is 3. The molecule has 0 atom stereocenters. The van der Waals surface area contributed by atoms with Crippen LogP contribution >= 0.6 is 11.7 Å². The van der Waals surface area contributed by atoms with E-state index in [1.54, 1.807) is 7.11 Å². The Labute approximate surface area is 208 Å². The fraction of sp³-hybridized carbons (Fsp3) is 0.179. The third-order valence-electron chi connectivity index (χ3n) is 5.67. The van der Waals surface area contributed by atoms with Crippen molar-refractivity contribution < 1.29 is 14.2 Å². The molecule has 5 rings (SSSR count). The first-order valence-corrected chi connectivity index (χ1v) is 12.2. The minimum absolute atomic E-state index is 0.620. The average molecular weight is 484 g/mol. The van der Waals surface area contributed by atoms with Crippen LogP contribution in [-0.4, -0.2) is 34.1 Å². The maximum absolute atomic E-state index is 5.65. The number of rotatable bonds is 8. The summed E-state index contributed by atoms with van der Waals surface area (Å²) >= 11 is 1.19.